The van der Waals surface area contributed by atoms with Crippen LogP contribution in [0.25, 0.3) is 0 Å². The average Bonchev–Trinajstić information content (AvgIpc) is 2.93. The smallest absolute Gasteiger partial charge is 0.240 e. The fourth-order valence-corrected chi connectivity index (χ4v) is 4.07. The van der Waals surface area contributed by atoms with E-state index in [4.69, 9.17) is 4.74 Å². The standard InChI is InChI=1S/C15H24N2O3S.ClH/c1-11-9-15(12(2)8-14(11)20-3)21(18,19)17-7-5-13-4-6-16-10-13;/h8-9,13,16-17H,4-7,10H2,1-3H3;1H. The van der Waals surface area contributed by atoms with Gasteiger partial charge in [-0.15, -0.1) is 12.4 Å². The summed E-state index contributed by atoms with van der Waals surface area (Å²) in [4.78, 5) is 0.338. The summed E-state index contributed by atoms with van der Waals surface area (Å²) in [6.45, 7) is 6.15. The molecule has 1 aromatic rings. The van der Waals surface area contributed by atoms with E-state index >= 15 is 0 Å². The van der Waals surface area contributed by atoms with Crippen LogP contribution in [0.2, 0.25) is 0 Å². The average molecular weight is 349 g/mol. The van der Waals surface area contributed by atoms with Gasteiger partial charge < -0.3 is 10.1 Å². The summed E-state index contributed by atoms with van der Waals surface area (Å²) in [6.07, 6.45) is 2.00. The molecule has 1 unspecified atom stereocenters. The van der Waals surface area contributed by atoms with Crippen molar-refractivity contribution in [2.24, 2.45) is 5.92 Å². The molecular weight excluding hydrogens is 324 g/mol. The van der Waals surface area contributed by atoms with Crippen LogP contribution in [0.1, 0.15) is 24.0 Å². The minimum atomic E-state index is -3.46. The maximum Gasteiger partial charge on any atom is 0.240 e. The van der Waals surface area contributed by atoms with Crippen molar-refractivity contribution in [3.05, 3.63) is 23.3 Å². The van der Waals surface area contributed by atoms with Gasteiger partial charge in [-0.05, 0) is 69.0 Å². The van der Waals surface area contributed by atoms with Crippen molar-refractivity contribution < 1.29 is 13.2 Å². The predicted octanol–water partition coefficient (Wildman–Crippen LogP) is 2.01. The molecule has 0 saturated carbocycles. The summed E-state index contributed by atoms with van der Waals surface area (Å²) >= 11 is 0. The lowest BCUT2D eigenvalue weighted by molar-refractivity contribution is 0.411. The first kappa shape index (κ1) is 19.2. The highest BCUT2D eigenvalue weighted by molar-refractivity contribution is 7.89. The van der Waals surface area contributed by atoms with Crippen molar-refractivity contribution >= 4 is 22.4 Å². The van der Waals surface area contributed by atoms with Crippen LogP contribution in [0.15, 0.2) is 17.0 Å². The Morgan fingerprint density at radius 2 is 2.05 bits per heavy atom. The molecule has 1 atom stereocenters. The molecule has 0 aromatic heterocycles. The highest BCUT2D eigenvalue weighted by Crippen LogP contribution is 2.25. The summed E-state index contributed by atoms with van der Waals surface area (Å²) < 4.78 is 32.8. The van der Waals surface area contributed by atoms with E-state index in [1.54, 1.807) is 26.2 Å². The number of aryl methyl sites for hydroxylation is 2. The Balaban J connectivity index is 0.00000242. The van der Waals surface area contributed by atoms with E-state index in [1.807, 2.05) is 6.92 Å². The van der Waals surface area contributed by atoms with Gasteiger partial charge in [-0.2, -0.15) is 0 Å². The first-order chi connectivity index (χ1) is 9.94. The van der Waals surface area contributed by atoms with E-state index in [9.17, 15) is 8.42 Å². The molecule has 0 radical (unpaired) electrons. The predicted molar refractivity (Wildman–Crippen MR) is 90.5 cm³/mol. The molecule has 2 N–H and O–H groups in total. The minimum absolute atomic E-state index is 0. The second-order valence-corrected chi connectivity index (χ2v) is 7.37. The number of sulfonamides is 1. The van der Waals surface area contributed by atoms with E-state index < -0.39 is 10.0 Å². The first-order valence-electron chi connectivity index (χ1n) is 7.29. The summed E-state index contributed by atoms with van der Waals surface area (Å²) in [7, 11) is -1.87. The fourth-order valence-electron chi connectivity index (χ4n) is 2.71. The van der Waals surface area contributed by atoms with Crippen molar-refractivity contribution in [2.45, 2.75) is 31.6 Å². The summed E-state index contributed by atoms with van der Waals surface area (Å²) in [5.74, 6) is 1.29. The van der Waals surface area contributed by atoms with Gasteiger partial charge in [0, 0.05) is 6.54 Å². The third-order valence-corrected chi connectivity index (χ3v) is 5.59. The molecule has 7 heteroatoms. The molecule has 126 valence electrons. The molecule has 1 aliphatic rings. The van der Waals surface area contributed by atoms with Gasteiger partial charge in [-0.1, -0.05) is 0 Å². The topological polar surface area (TPSA) is 67.4 Å². The molecule has 0 amide bonds. The minimum Gasteiger partial charge on any atom is -0.496 e. The Labute approximate surface area is 139 Å². The third kappa shape index (κ3) is 4.59. The lowest BCUT2D eigenvalue weighted by atomic mass is 10.1. The first-order valence-corrected chi connectivity index (χ1v) is 8.78. The van der Waals surface area contributed by atoms with Gasteiger partial charge in [0.1, 0.15) is 5.75 Å². The third-order valence-electron chi connectivity index (χ3n) is 3.99. The highest BCUT2D eigenvalue weighted by Gasteiger charge is 2.20. The fraction of sp³-hybridized carbons (Fsp3) is 0.600. The zero-order valence-corrected chi connectivity index (χ0v) is 14.9. The monoisotopic (exact) mass is 348 g/mol. The van der Waals surface area contributed by atoms with Gasteiger partial charge in [0.05, 0.1) is 12.0 Å². The van der Waals surface area contributed by atoms with Gasteiger partial charge in [-0.25, -0.2) is 13.1 Å². The van der Waals surface area contributed by atoms with Gasteiger partial charge in [0.2, 0.25) is 10.0 Å². The number of halogens is 1. The molecular formula is C15H25ClN2O3S. The molecule has 5 nitrogen and oxygen atoms in total. The van der Waals surface area contributed by atoms with Crippen LogP contribution in [0.4, 0.5) is 0 Å². The quantitative estimate of drug-likeness (QED) is 0.825. The van der Waals surface area contributed by atoms with E-state index in [2.05, 4.69) is 10.0 Å². The van der Waals surface area contributed by atoms with Crippen LogP contribution in [-0.2, 0) is 10.0 Å². The van der Waals surface area contributed by atoms with E-state index in [0.717, 1.165) is 31.5 Å². The zero-order chi connectivity index (χ0) is 15.5. The van der Waals surface area contributed by atoms with Gasteiger partial charge in [0.15, 0.2) is 0 Å². The summed E-state index contributed by atoms with van der Waals surface area (Å²) in [5.41, 5.74) is 1.52. The summed E-state index contributed by atoms with van der Waals surface area (Å²) in [6, 6.07) is 3.44. The SMILES string of the molecule is COc1cc(C)c(S(=O)(=O)NCCC2CCNC2)cc1C.Cl. The van der Waals surface area contributed by atoms with Crippen LogP contribution < -0.4 is 14.8 Å². The highest BCUT2D eigenvalue weighted by atomic mass is 35.5. The molecule has 0 aliphatic carbocycles. The Kier molecular flexibility index (Phi) is 7.12. The number of methoxy groups -OCH3 is 1. The lowest BCUT2D eigenvalue weighted by Crippen LogP contribution is -2.27. The second kappa shape index (κ2) is 8.15. The molecule has 1 aromatic carbocycles. The van der Waals surface area contributed by atoms with Crippen LogP contribution >= 0.6 is 12.4 Å². The van der Waals surface area contributed by atoms with Crippen molar-refractivity contribution in [2.75, 3.05) is 26.7 Å². The molecule has 0 bridgehead atoms. The Hall–Kier alpha value is -0.820. The number of benzene rings is 1. The molecule has 0 spiro atoms. The number of hydrogen-bond acceptors (Lipinski definition) is 4. The van der Waals surface area contributed by atoms with Gasteiger partial charge >= 0.3 is 0 Å². The summed E-state index contributed by atoms with van der Waals surface area (Å²) in [5, 5.41) is 3.29. The maximum atomic E-state index is 12.4. The van der Waals surface area contributed by atoms with Crippen LogP contribution in [0.5, 0.6) is 5.75 Å². The van der Waals surface area contributed by atoms with Crippen molar-refractivity contribution in [3.8, 4) is 5.75 Å². The second-order valence-electron chi connectivity index (χ2n) is 5.63. The maximum absolute atomic E-state index is 12.4. The molecule has 1 heterocycles. The number of rotatable bonds is 6. The van der Waals surface area contributed by atoms with Crippen molar-refractivity contribution in [3.63, 3.8) is 0 Å². The van der Waals surface area contributed by atoms with Crippen LogP contribution in [-0.4, -0.2) is 35.2 Å². The molecule has 1 saturated heterocycles. The molecule has 22 heavy (non-hydrogen) atoms. The number of nitrogens with one attached hydrogen (secondary N) is 2. The molecule has 2 rings (SSSR count). The van der Waals surface area contributed by atoms with Crippen molar-refractivity contribution in [1.82, 2.24) is 10.0 Å². The Bertz CT molecular complexity index is 599. The van der Waals surface area contributed by atoms with E-state index in [-0.39, 0.29) is 12.4 Å². The zero-order valence-electron chi connectivity index (χ0n) is 13.3. The van der Waals surface area contributed by atoms with Gasteiger partial charge in [0.25, 0.3) is 0 Å². The van der Waals surface area contributed by atoms with Crippen LogP contribution in [0, 0.1) is 19.8 Å². The number of ether oxygens (including phenoxy) is 1. The Morgan fingerprint density at radius 3 is 2.64 bits per heavy atom. The van der Waals surface area contributed by atoms with Gasteiger partial charge in [-0.3, -0.25) is 0 Å². The van der Waals surface area contributed by atoms with E-state index in [1.165, 1.54) is 0 Å². The van der Waals surface area contributed by atoms with E-state index in [0.29, 0.717) is 28.7 Å². The Morgan fingerprint density at radius 1 is 1.32 bits per heavy atom. The molecule has 1 aliphatic heterocycles. The molecule has 1 fully saturated rings. The largest absolute Gasteiger partial charge is 0.496 e. The normalized spacial score (nSPS) is 18.0. The number of hydrogen-bond donors (Lipinski definition) is 2. The lowest BCUT2D eigenvalue weighted by Gasteiger charge is -2.14. The van der Waals surface area contributed by atoms with Crippen molar-refractivity contribution in [1.29, 1.82) is 0 Å². The van der Waals surface area contributed by atoms with Crippen LogP contribution in [0.3, 0.4) is 0 Å².